The number of amides is 2. The Kier molecular flexibility index (Phi) is 7.18. The third-order valence-corrected chi connectivity index (χ3v) is 6.02. The van der Waals surface area contributed by atoms with Gasteiger partial charge in [0.2, 0.25) is 5.91 Å². The maximum absolute atomic E-state index is 13.4. The predicted molar refractivity (Wildman–Crippen MR) is 135 cm³/mol. The topological polar surface area (TPSA) is 84.1 Å². The summed E-state index contributed by atoms with van der Waals surface area (Å²) in [5.41, 5.74) is 3.94. The van der Waals surface area contributed by atoms with E-state index in [1.54, 1.807) is 36.5 Å². The number of carbonyl (C=O) groups is 2. The van der Waals surface area contributed by atoms with Crippen LogP contribution in [0, 0.1) is 13.8 Å². The lowest BCUT2D eigenvalue weighted by Gasteiger charge is -2.19. The number of carbonyl (C=O) groups excluding carboxylic acids is 2. The maximum atomic E-state index is 13.4. The molecule has 174 valence electrons. The van der Waals surface area contributed by atoms with Gasteiger partial charge in [0.05, 0.1) is 31.4 Å². The fourth-order valence-corrected chi connectivity index (χ4v) is 4.38. The number of methoxy groups -OCH3 is 1. The molecule has 0 spiro atoms. The molecule has 0 unspecified atom stereocenters. The first-order valence-electron chi connectivity index (χ1n) is 10.7. The van der Waals surface area contributed by atoms with Crippen molar-refractivity contribution < 1.29 is 18.7 Å². The van der Waals surface area contributed by atoms with Crippen LogP contribution in [0.2, 0.25) is 0 Å². The third-order valence-electron chi connectivity index (χ3n) is 5.09. The quantitative estimate of drug-likeness (QED) is 0.501. The summed E-state index contributed by atoms with van der Waals surface area (Å²) < 4.78 is 10.4. The summed E-state index contributed by atoms with van der Waals surface area (Å²) in [6.45, 7) is 4.27. The van der Waals surface area contributed by atoms with Crippen LogP contribution in [0.5, 0.6) is 5.75 Å². The molecule has 7 nitrogen and oxygen atoms in total. The smallest absolute Gasteiger partial charge is 0.283 e. The van der Waals surface area contributed by atoms with Gasteiger partial charge < -0.3 is 14.5 Å². The van der Waals surface area contributed by atoms with Gasteiger partial charge in [0.25, 0.3) is 5.91 Å². The van der Waals surface area contributed by atoms with E-state index in [0.717, 1.165) is 28.1 Å². The van der Waals surface area contributed by atoms with Gasteiger partial charge in [0.1, 0.15) is 17.2 Å². The van der Waals surface area contributed by atoms with Gasteiger partial charge >= 0.3 is 0 Å². The number of amidine groups is 1. The number of aryl methyl sites for hydroxylation is 2. The number of benzene rings is 2. The highest BCUT2D eigenvalue weighted by atomic mass is 32.2. The molecule has 1 N–H and O–H groups in total. The standard InChI is InChI=1S/C26H25N3O4S/c1-17-11-18(2)13-20(12-17)29-25(31)23(14-19-6-8-21(32-3)9-7-19)28-26(29)34-16-24(30)27-15-22-5-4-10-33-22/h4-14H,15-16H2,1-3H3,(H,27,30)/b23-14+. The van der Waals surface area contributed by atoms with Gasteiger partial charge in [-0.1, -0.05) is 30.0 Å². The lowest BCUT2D eigenvalue weighted by Crippen LogP contribution is -2.32. The number of hydrogen-bond donors (Lipinski definition) is 1. The first-order chi connectivity index (χ1) is 16.4. The summed E-state index contributed by atoms with van der Waals surface area (Å²) in [6.07, 6.45) is 3.30. The summed E-state index contributed by atoms with van der Waals surface area (Å²) in [7, 11) is 1.61. The lowest BCUT2D eigenvalue weighted by atomic mass is 10.1. The van der Waals surface area contributed by atoms with Crippen LogP contribution in [-0.2, 0) is 16.1 Å². The molecule has 34 heavy (non-hydrogen) atoms. The second-order valence-corrected chi connectivity index (χ2v) is 8.77. The van der Waals surface area contributed by atoms with E-state index in [-0.39, 0.29) is 17.6 Å². The van der Waals surface area contributed by atoms with Gasteiger partial charge in [-0.25, -0.2) is 4.99 Å². The van der Waals surface area contributed by atoms with Crippen molar-refractivity contribution in [3.05, 3.63) is 89.0 Å². The van der Waals surface area contributed by atoms with E-state index in [0.29, 0.717) is 23.2 Å². The van der Waals surface area contributed by atoms with Crippen molar-refractivity contribution in [2.24, 2.45) is 4.99 Å². The Labute approximate surface area is 202 Å². The SMILES string of the molecule is COc1ccc(/C=C2/N=C(SCC(=O)NCc3ccco3)N(c3cc(C)cc(C)c3)C2=O)cc1. The van der Waals surface area contributed by atoms with Gasteiger partial charge in [0.15, 0.2) is 5.17 Å². The number of nitrogens with one attached hydrogen (secondary N) is 1. The summed E-state index contributed by atoms with van der Waals surface area (Å²) in [4.78, 5) is 31.9. The molecule has 1 aliphatic rings. The van der Waals surface area contributed by atoms with Crippen molar-refractivity contribution in [1.82, 2.24) is 5.32 Å². The van der Waals surface area contributed by atoms with Gasteiger partial charge in [-0.3, -0.25) is 14.5 Å². The zero-order valence-corrected chi connectivity index (χ0v) is 20.0. The van der Waals surface area contributed by atoms with Crippen LogP contribution < -0.4 is 15.0 Å². The van der Waals surface area contributed by atoms with Crippen LogP contribution in [0.4, 0.5) is 5.69 Å². The molecule has 0 bridgehead atoms. The molecule has 0 atom stereocenters. The normalized spacial score (nSPS) is 14.4. The number of furan rings is 1. The van der Waals surface area contributed by atoms with Crippen LogP contribution in [0.25, 0.3) is 6.08 Å². The minimum Gasteiger partial charge on any atom is -0.497 e. The van der Waals surface area contributed by atoms with E-state index < -0.39 is 0 Å². The summed E-state index contributed by atoms with van der Waals surface area (Å²) in [6, 6.07) is 16.9. The second-order valence-electron chi connectivity index (χ2n) is 7.83. The molecule has 3 aromatic rings. The molecule has 8 heteroatoms. The van der Waals surface area contributed by atoms with E-state index in [1.165, 1.54) is 11.8 Å². The monoisotopic (exact) mass is 475 g/mol. The lowest BCUT2D eigenvalue weighted by molar-refractivity contribution is -0.118. The number of ether oxygens (including phenoxy) is 1. The Hall–Kier alpha value is -3.78. The highest BCUT2D eigenvalue weighted by Gasteiger charge is 2.32. The first-order valence-corrected chi connectivity index (χ1v) is 11.7. The summed E-state index contributed by atoms with van der Waals surface area (Å²) in [5, 5.41) is 3.28. The summed E-state index contributed by atoms with van der Waals surface area (Å²) in [5.74, 6) is 1.11. The number of aliphatic imine (C=N–C) groups is 1. The van der Waals surface area contributed by atoms with E-state index in [4.69, 9.17) is 9.15 Å². The van der Waals surface area contributed by atoms with E-state index in [2.05, 4.69) is 10.3 Å². The second kappa shape index (κ2) is 10.4. The third kappa shape index (κ3) is 5.58. The number of thioether (sulfide) groups is 1. The van der Waals surface area contributed by atoms with Crippen molar-refractivity contribution in [2.75, 3.05) is 17.8 Å². The van der Waals surface area contributed by atoms with Crippen molar-refractivity contribution in [3.8, 4) is 5.75 Å². The largest absolute Gasteiger partial charge is 0.497 e. The molecule has 4 rings (SSSR count). The molecule has 0 saturated carbocycles. The molecular formula is C26H25N3O4S. The van der Waals surface area contributed by atoms with Gasteiger partial charge in [-0.15, -0.1) is 0 Å². The Morgan fingerprint density at radius 2 is 1.88 bits per heavy atom. The van der Waals surface area contributed by atoms with Crippen LogP contribution in [0.1, 0.15) is 22.5 Å². The molecule has 1 aromatic heterocycles. The van der Waals surface area contributed by atoms with E-state index >= 15 is 0 Å². The molecule has 2 amide bonds. The first kappa shape index (κ1) is 23.4. The molecule has 0 fully saturated rings. The summed E-state index contributed by atoms with van der Waals surface area (Å²) >= 11 is 1.22. The van der Waals surface area contributed by atoms with E-state index in [1.807, 2.05) is 56.3 Å². The molecule has 2 aromatic carbocycles. The average Bonchev–Trinajstić information content (AvgIpc) is 3.44. The highest BCUT2D eigenvalue weighted by molar-refractivity contribution is 8.14. The Morgan fingerprint density at radius 1 is 1.15 bits per heavy atom. The van der Waals surface area contributed by atoms with Crippen LogP contribution in [-0.4, -0.2) is 29.8 Å². The molecule has 0 aliphatic carbocycles. The van der Waals surface area contributed by atoms with Crippen molar-refractivity contribution >= 4 is 40.5 Å². The Balaban J connectivity index is 1.56. The highest BCUT2D eigenvalue weighted by Crippen LogP contribution is 2.31. The minimum absolute atomic E-state index is 0.115. The molecule has 2 heterocycles. The van der Waals surface area contributed by atoms with Crippen LogP contribution in [0.3, 0.4) is 0 Å². The number of rotatable bonds is 7. The zero-order valence-electron chi connectivity index (χ0n) is 19.2. The number of hydrogen-bond acceptors (Lipinski definition) is 6. The Morgan fingerprint density at radius 3 is 2.53 bits per heavy atom. The van der Waals surface area contributed by atoms with Crippen LogP contribution >= 0.6 is 11.8 Å². The van der Waals surface area contributed by atoms with Crippen molar-refractivity contribution in [2.45, 2.75) is 20.4 Å². The minimum atomic E-state index is -0.237. The van der Waals surface area contributed by atoms with Gasteiger partial charge in [-0.05, 0) is 73.0 Å². The molecule has 0 saturated heterocycles. The van der Waals surface area contributed by atoms with Crippen LogP contribution in [0.15, 0.2) is 76.0 Å². The fraction of sp³-hybridized carbons (Fsp3) is 0.192. The van der Waals surface area contributed by atoms with Crippen molar-refractivity contribution in [3.63, 3.8) is 0 Å². The van der Waals surface area contributed by atoms with Gasteiger partial charge in [-0.2, -0.15) is 0 Å². The number of nitrogens with zero attached hydrogens (tertiary/aromatic N) is 2. The molecule has 0 radical (unpaired) electrons. The Bertz CT molecular complexity index is 1230. The number of anilines is 1. The fourth-order valence-electron chi connectivity index (χ4n) is 3.54. The average molecular weight is 476 g/mol. The predicted octanol–water partition coefficient (Wildman–Crippen LogP) is 4.70. The molecule has 1 aliphatic heterocycles. The molecular weight excluding hydrogens is 450 g/mol. The van der Waals surface area contributed by atoms with Gasteiger partial charge in [0, 0.05) is 0 Å². The maximum Gasteiger partial charge on any atom is 0.283 e. The van der Waals surface area contributed by atoms with Crippen molar-refractivity contribution in [1.29, 1.82) is 0 Å². The zero-order chi connectivity index (χ0) is 24.1. The van der Waals surface area contributed by atoms with E-state index in [9.17, 15) is 9.59 Å².